The van der Waals surface area contributed by atoms with Gasteiger partial charge >= 0.3 is 0 Å². The van der Waals surface area contributed by atoms with Crippen molar-refractivity contribution in [3.63, 3.8) is 0 Å². The van der Waals surface area contributed by atoms with Gasteiger partial charge in [-0.15, -0.1) is 11.6 Å². The lowest BCUT2D eigenvalue weighted by Gasteiger charge is -2.24. The first-order chi connectivity index (χ1) is 5.89. The highest BCUT2D eigenvalue weighted by Gasteiger charge is 2.23. The second kappa shape index (κ2) is 5.20. The van der Waals surface area contributed by atoms with Crippen molar-refractivity contribution >= 4 is 21.4 Å². The number of hydrogen-bond acceptors (Lipinski definition) is 2. The molecule has 80 valence electrons. The van der Waals surface area contributed by atoms with Crippen LogP contribution in [-0.4, -0.2) is 25.8 Å². The Morgan fingerprint density at radius 1 is 1.31 bits per heavy atom. The zero-order chi connectivity index (χ0) is 10.5. The largest absolute Gasteiger partial charge is 0.229 e. The summed E-state index contributed by atoms with van der Waals surface area (Å²) in [7, 11) is -2.83. The Labute approximate surface area is 86.6 Å². The Morgan fingerprint density at radius 3 is 2.15 bits per heavy atom. The number of alkyl halides is 1. The van der Waals surface area contributed by atoms with E-state index >= 15 is 0 Å². The fourth-order valence-electron chi connectivity index (χ4n) is 0.884. The minimum absolute atomic E-state index is 0.0240. The van der Waals surface area contributed by atoms with Gasteiger partial charge in [-0.2, -0.15) is 0 Å². The fourth-order valence-corrected chi connectivity index (χ4v) is 2.30. The molecular formula is C9H19ClO2S. The average Bonchev–Trinajstić information content (AvgIpc) is 2.14. The summed E-state index contributed by atoms with van der Waals surface area (Å²) in [4.78, 5) is 0. The molecule has 13 heavy (non-hydrogen) atoms. The van der Waals surface area contributed by atoms with Crippen LogP contribution in [0.2, 0.25) is 0 Å². The monoisotopic (exact) mass is 226 g/mol. The highest BCUT2D eigenvalue weighted by atomic mass is 35.5. The van der Waals surface area contributed by atoms with E-state index < -0.39 is 9.84 Å². The van der Waals surface area contributed by atoms with Crippen LogP contribution in [0.5, 0.6) is 0 Å². The molecule has 0 N–H and O–H groups in total. The van der Waals surface area contributed by atoms with Crippen molar-refractivity contribution in [2.45, 2.75) is 33.6 Å². The SMILES string of the molecule is CCC(C)(CCl)CCS(=O)(=O)CC. The number of hydrogen-bond donors (Lipinski definition) is 0. The molecule has 0 aliphatic carbocycles. The predicted molar refractivity (Wildman–Crippen MR) is 58.1 cm³/mol. The maximum absolute atomic E-state index is 11.2. The molecule has 0 saturated carbocycles. The van der Waals surface area contributed by atoms with E-state index in [9.17, 15) is 8.42 Å². The molecule has 0 aromatic rings. The molecule has 1 unspecified atom stereocenters. The molecule has 0 aromatic heterocycles. The predicted octanol–water partition coefficient (Wildman–Crippen LogP) is 2.47. The van der Waals surface area contributed by atoms with E-state index in [0.29, 0.717) is 12.3 Å². The molecule has 4 heteroatoms. The lowest BCUT2D eigenvalue weighted by atomic mass is 9.87. The van der Waals surface area contributed by atoms with Gasteiger partial charge in [0.15, 0.2) is 0 Å². The van der Waals surface area contributed by atoms with Gasteiger partial charge in [0.05, 0.1) is 5.75 Å². The molecule has 2 nitrogen and oxygen atoms in total. The van der Waals surface area contributed by atoms with Crippen LogP contribution in [-0.2, 0) is 9.84 Å². The molecule has 0 heterocycles. The summed E-state index contributed by atoms with van der Waals surface area (Å²) in [6, 6.07) is 0. The van der Waals surface area contributed by atoms with Gasteiger partial charge < -0.3 is 0 Å². The highest BCUT2D eigenvalue weighted by Crippen LogP contribution is 2.27. The van der Waals surface area contributed by atoms with E-state index in [0.717, 1.165) is 6.42 Å². The van der Waals surface area contributed by atoms with Gasteiger partial charge in [-0.3, -0.25) is 0 Å². The maximum Gasteiger partial charge on any atom is 0.150 e. The van der Waals surface area contributed by atoms with Crippen LogP contribution in [0.15, 0.2) is 0 Å². The lowest BCUT2D eigenvalue weighted by molar-refractivity contribution is 0.345. The van der Waals surface area contributed by atoms with Gasteiger partial charge in [-0.25, -0.2) is 8.42 Å². The second-order valence-electron chi connectivity index (χ2n) is 3.78. The van der Waals surface area contributed by atoms with Crippen LogP contribution in [0.25, 0.3) is 0 Å². The third-order valence-corrected chi connectivity index (χ3v) is 4.98. The number of sulfone groups is 1. The molecule has 0 aromatic carbocycles. The first kappa shape index (κ1) is 13.2. The van der Waals surface area contributed by atoms with Crippen LogP contribution in [0.1, 0.15) is 33.6 Å². The summed E-state index contributed by atoms with van der Waals surface area (Å²) >= 11 is 5.79. The van der Waals surface area contributed by atoms with Gasteiger partial charge in [0.1, 0.15) is 9.84 Å². The molecule has 0 radical (unpaired) electrons. The molecule has 1 atom stereocenters. The minimum atomic E-state index is -2.83. The number of halogens is 1. The molecule has 0 aliphatic heterocycles. The van der Waals surface area contributed by atoms with E-state index in [1.54, 1.807) is 6.92 Å². The van der Waals surface area contributed by atoms with Crippen molar-refractivity contribution in [1.29, 1.82) is 0 Å². The summed E-state index contributed by atoms with van der Waals surface area (Å²) in [5.41, 5.74) is -0.0240. The summed E-state index contributed by atoms with van der Waals surface area (Å²) in [5, 5.41) is 0. The first-order valence-corrected chi connectivity index (χ1v) is 7.01. The Balaban J connectivity index is 4.15. The lowest BCUT2D eigenvalue weighted by Crippen LogP contribution is -2.22. The molecule has 0 aliphatic rings. The van der Waals surface area contributed by atoms with Crippen molar-refractivity contribution in [1.82, 2.24) is 0 Å². The smallest absolute Gasteiger partial charge is 0.150 e. The molecule has 0 saturated heterocycles. The summed E-state index contributed by atoms with van der Waals surface area (Å²) < 4.78 is 22.5. The minimum Gasteiger partial charge on any atom is -0.229 e. The van der Waals surface area contributed by atoms with Crippen molar-refractivity contribution < 1.29 is 8.42 Å². The van der Waals surface area contributed by atoms with Gasteiger partial charge in [0.25, 0.3) is 0 Å². The van der Waals surface area contributed by atoms with Crippen LogP contribution in [0, 0.1) is 5.41 Å². The van der Waals surface area contributed by atoms with Gasteiger partial charge in [-0.05, 0) is 18.3 Å². The van der Waals surface area contributed by atoms with Crippen LogP contribution < -0.4 is 0 Å². The van der Waals surface area contributed by atoms with Gasteiger partial charge in [0.2, 0.25) is 0 Å². The summed E-state index contributed by atoms with van der Waals surface area (Å²) in [6.07, 6.45) is 1.60. The highest BCUT2D eigenvalue weighted by molar-refractivity contribution is 7.91. The Kier molecular flexibility index (Phi) is 5.30. The van der Waals surface area contributed by atoms with E-state index in [2.05, 4.69) is 0 Å². The van der Waals surface area contributed by atoms with E-state index in [1.165, 1.54) is 0 Å². The van der Waals surface area contributed by atoms with Gasteiger partial charge in [0, 0.05) is 11.6 Å². The summed E-state index contributed by atoms with van der Waals surface area (Å²) in [6.45, 7) is 5.76. The average molecular weight is 227 g/mol. The van der Waals surface area contributed by atoms with Crippen molar-refractivity contribution in [2.75, 3.05) is 17.4 Å². The second-order valence-corrected chi connectivity index (χ2v) is 6.52. The molecular weight excluding hydrogens is 208 g/mol. The normalized spacial score (nSPS) is 16.9. The summed E-state index contributed by atoms with van der Waals surface area (Å²) in [5.74, 6) is 1.03. The van der Waals surface area contributed by atoms with Gasteiger partial charge in [-0.1, -0.05) is 20.8 Å². The molecule has 0 spiro atoms. The topological polar surface area (TPSA) is 34.1 Å². The molecule has 0 bridgehead atoms. The van der Waals surface area contributed by atoms with E-state index in [4.69, 9.17) is 11.6 Å². The van der Waals surface area contributed by atoms with Crippen molar-refractivity contribution in [2.24, 2.45) is 5.41 Å². The van der Waals surface area contributed by atoms with Crippen molar-refractivity contribution in [3.8, 4) is 0 Å². The Bertz CT molecular complexity index is 230. The van der Waals surface area contributed by atoms with Crippen LogP contribution in [0.4, 0.5) is 0 Å². The maximum atomic E-state index is 11.2. The standard InChI is InChI=1S/C9H19ClO2S/c1-4-9(3,8-10)6-7-13(11,12)5-2/h4-8H2,1-3H3. The van der Waals surface area contributed by atoms with Crippen molar-refractivity contribution in [3.05, 3.63) is 0 Å². The Hall–Kier alpha value is 0.240. The quantitative estimate of drug-likeness (QED) is 0.652. The molecule has 0 amide bonds. The van der Waals surface area contributed by atoms with E-state index in [-0.39, 0.29) is 16.9 Å². The Morgan fingerprint density at radius 2 is 1.85 bits per heavy atom. The van der Waals surface area contributed by atoms with Crippen LogP contribution in [0.3, 0.4) is 0 Å². The number of rotatable bonds is 6. The van der Waals surface area contributed by atoms with Crippen LogP contribution >= 0.6 is 11.6 Å². The third kappa shape index (κ3) is 4.87. The first-order valence-electron chi connectivity index (χ1n) is 4.65. The zero-order valence-electron chi connectivity index (χ0n) is 8.64. The van der Waals surface area contributed by atoms with E-state index in [1.807, 2.05) is 13.8 Å². The molecule has 0 fully saturated rings. The third-order valence-electron chi connectivity index (χ3n) is 2.63. The molecule has 0 rings (SSSR count). The fraction of sp³-hybridized carbons (Fsp3) is 1.00. The zero-order valence-corrected chi connectivity index (χ0v) is 10.2.